The molecule has 3 aromatic rings. The fourth-order valence-electron chi connectivity index (χ4n) is 2.08. The Kier molecular flexibility index (Phi) is 3.60. The van der Waals surface area contributed by atoms with Crippen LogP contribution in [0.2, 0.25) is 0 Å². The highest BCUT2D eigenvalue weighted by Crippen LogP contribution is 2.18. The van der Waals surface area contributed by atoms with E-state index in [0.29, 0.717) is 16.9 Å². The van der Waals surface area contributed by atoms with Gasteiger partial charge in [0.25, 0.3) is 0 Å². The van der Waals surface area contributed by atoms with Gasteiger partial charge in [0.15, 0.2) is 0 Å². The van der Waals surface area contributed by atoms with Crippen LogP contribution in [0.1, 0.15) is 20.7 Å². The molecule has 7 heteroatoms. The summed E-state index contributed by atoms with van der Waals surface area (Å²) in [4.78, 5) is 21.9. The van der Waals surface area contributed by atoms with Crippen LogP contribution in [0.5, 0.6) is 0 Å². The lowest BCUT2D eigenvalue weighted by Crippen LogP contribution is -2.10. The second-order valence-electron chi connectivity index (χ2n) is 4.84. The van der Waals surface area contributed by atoms with Gasteiger partial charge in [0.1, 0.15) is 5.69 Å². The van der Waals surface area contributed by atoms with Crippen LogP contribution in [0, 0.1) is 0 Å². The number of nitrogens with two attached hydrogens (primary N) is 1. The van der Waals surface area contributed by atoms with E-state index in [1.54, 1.807) is 47.3 Å². The largest absolute Gasteiger partial charge is 0.478 e. The van der Waals surface area contributed by atoms with E-state index in [2.05, 4.69) is 10.3 Å². The van der Waals surface area contributed by atoms with Crippen LogP contribution in [0.4, 0.5) is 0 Å². The van der Waals surface area contributed by atoms with Crippen LogP contribution >= 0.6 is 0 Å². The van der Waals surface area contributed by atoms with Crippen molar-refractivity contribution in [2.75, 3.05) is 0 Å². The zero-order chi connectivity index (χ0) is 16.4. The average Bonchev–Trinajstić information content (AvgIpc) is 3.05. The summed E-state index contributed by atoms with van der Waals surface area (Å²) in [7, 11) is 0. The third kappa shape index (κ3) is 2.93. The molecule has 114 valence electrons. The van der Waals surface area contributed by atoms with Gasteiger partial charge >= 0.3 is 5.97 Å². The van der Waals surface area contributed by atoms with Crippen molar-refractivity contribution >= 4 is 11.9 Å². The first kappa shape index (κ1) is 14.5. The van der Waals surface area contributed by atoms with Crippen molar-refractivity contribution in [1.29, 1.82) is 0 Å². The van der Waals surface area contributed by atoms with Gasteiger partial charge in [-0.3, -0.25) is 4.79 Å². The zero-order valence-corrected chi connectivity index (χ0v) is 11.9. The summed E-state index contributed by atoms with van der Waals surface area (Å²) >= 11 is 0. The fraction of sp³-hybridized carbons (Fsp3) is 0. The minimum Gasteiger partial charge on any atom is -0.478 e. The summed E-state index contributed by atoms with van der Waals surface area (Å²) in [5.74, 6) is -1.47. The van der Waals surface area contributed by atoms with E-state index in [-0.39, 0.29) is 5.56 Å². The molecule has 1 amide bonds. The van der Waals surface area contributed by atoms with Crippen LogP contribution in [0.15, 0.2) is 54.7 Å². The molecule has 7 nitrogen and oxygen atoms in total. The summed E-state index contributed by atoms with van der Waals surface area (Å²) in [6.07, 6.45) is 1.72. The van der Waals surface area contributed by atoms with E-state index < -0.39 is 11.9 Å². The third-order valence-electron chi connectivity index (χ3n) is 3.34. The van der Waals surface area contributed by atoms with Crippen molar-refractivity contribution in [3.63, 3.8) is 0 Å². The number of amides is 1. The van der Waals surface area contributed by atoms with Gasteiger partial charge in [0.05, 0.1) is 17.4 Å². The van der Waals surface area contributed by atoms with Crippen molar-refractivity contribution in [1.82, 2.24) is 15.0 Å². The van der Waals surface area contributed by atoms with Gasteiger partial charge in [-0.15, -0.1) is 5.10 Å². The van der Waals surface area contributed by atoms with E-state index in [1.165, 1.54) is 12.1 Å². The maximum absolute atomic E-state index is 11.1. The Morgan fingerprint density at radius 1 is 0.957 bits per heavy atom. The molecule has 1 heterocycles. The Hall–Kier alpha value is -3.48. The Morgan fingerprint density at radius 3 is 2.13 bits per heavy atom. The first-order valence-electron chi connectivity index (χ1n) is 6.71. The van der Waals surface area contributed by atoms with E-state index in [0.717, 1.165) is 5.56 Å². The molecule has 0 spiro atoms. The molecule has 0 aliphatic heterocycles. The maximum Gasteiger partial charge on any atom is 0.335 e. The number of carbonyl (C=O) groups is 2. The Bertz CT molecular complexity index is 795. The third-order valence-corrected chi connectivity index (χ3v) is 3.34. The summed E-state index contributed by atoms with van der Waals surface area (Å²) < 4.78 is 1.54. The predicted molar refractivity (Wildman–Crippen MR) is 82.3 cm³/mol. The highest BCUT2D eigenvalue weighted by Gasteiger charge is 2.08. The van der Waals surface area contributed by atoms with E-state index in [9.17, 15) is 9.59 Å². The molecule has 0 radical (unpaired) electrons. The number of carboxylic acid groups (broad SMARTS) is 1. The van der Waals surface area contributed by atoms with Gasteiger partial charge in [-0.25, -0.2) is 9.48 Å². The predicted octanol–water partition coefficient (Wildman–Crippen LogP) is 1.73. The average molecular weight is 308 g/mol. The molecule has 1 aromatic heterocycles. The molecule has 0 fully saturated rings. The second kappa shape index (κ2) is 5.72. The van der Waals surface area contributed by atoms with Gasteiger partial charge < -0.3 is 10.8 Å². The molecular weight excluding hydrogens is 296 g/mol. The molecular formula is C16H12N4O3. The molecule has 0 aliphatic carbocycles. The quantitative estimate of drug-likeness (QED) is 0.762. The van der Waals surface area contributed by atoms with Crippen LogP contribution in [0.3, 0.4) is 0 Å². The summed E-state index contributed by atoms with van der Waals surface area (Å²) in [6.45, 7) is 0. The van der Waals surface area contributed by atoms with Gasteiger partial charge in [-0.2, -0.15) is 0 Å². The van der Waals surface area contributed by atoms with E-state index in [4.69, 9.17) is 10.8 Å². The highest BCUT2D eigenvalue weighted by molar-refractivity contribution is 5.93. The number of nitrogens with zero attached hydrogens (tertiary/aromatic N) is 3. The molecule has 0 unspecified atom stereocenters. The van der Waals surface area contributed by atoms with Crippen molar-refractivity contribution in [3.8, 4) is 16.9 Å². The van der Waals surface area contributed by atoms with Crippen LogP contribution in [-0.4, -0.2) is 32.0 Å². The lowest BCUT2D eigenvalue weighted by molar-refractivity contribution is 0.0696. The Morgan fingerprint density at radius 2 is 1.57 bits per heavy atom. The summed E-state index contributed by atoms with van der Waals surface area (Å²) in [5.41, 5.74) is 7.95. The molecule has 0 saturated carbocycles. The molecule has 0 atom stereocenters. The summed E-state index contributed by atoms with van der Waals surface area (Å²) in [5, 5.41) is 17.0. The van der Waals surface area contributed by atoms with Crippen molar-refractivity contribution in [2.24, 2.45) is 5.73 Å². The van der Waals surface area contributed by atoms with Crippen LogP contribution in [-0.2, 0) is 0 Å². The first-order chi connectivity index (χ1) is 11.0. The number of primary amides is 1. The second-order valence-corrected chi connectivity index (χ2v) is 4.84. The fourth-order valence-corrected chi connectivity index (χ4v) is 2.08. The number of benzene rings is 2. The molecule has 0 aliphatic rings. The van der Waals surface area contributed by atoms with Crippen LogP contribution < -0.4 is 5.73 Å². The van der Waals surface area contributed by atoms with Gasteiger partial charge in [-0.05, 0) is 36.4 Å². The normalized spacial score (nSPS) is 10.4. The van der Waals surface area contributed by atoms with Crippen molar-refractivity contribution in [2.45, 2.75) is 0 Å². The number of carboxylic acids is 1. The number of aromatic carboxylic acids is 1. The molecule has 23 heavy (non-hydrogen) atoms. The number of hydrogen-bond acceptors (Lipinski definition) is 4. The monoisotopic (exact) mass is 308 g/mol. The molecule has 3 rings (SSSR count). The Balaban J connectivity index is 1.87. The zero-order valence-electron chi connectivity index (χ0n) is 11.9. The van der Waals surface area contributed by atoms with Gasteiger partial charge in [0.2, 0.25) is 5.91 Å². The molecule has 0 bridgehead atoms. The number of aromatic nitrogens is 3. The number of carbonyl (C=O) groups excluding carboxylic acids is 1. The maximum atomic E-state index is 11.1. The molecule has 0 saturated heterocycles. The first-order valence-corrected chi connectivity index (χ1v) is 6.71. The Labute approximate surface area is 131 Å². The van der Waals surface area contributed by atoms with Crippen molar-refractivity contribution < 1.29 is 14.7 Å². The van der Waals surface area contributed by atoms with Gasteiger partial charge in [0, 0.05) is 11.1 Å². The van der Waals surface area contributed by atoms with E-state index >= 15 is 0 Å². The topological polar surface area (TPSA) is 111 Å². The van der Waals surface area contributed by atoms with Gasteiger partial charge in [-0.1, -0.05) is 17.3 Å². The minimum absolute atomic E-state index is 0.205. The summed E-state index contributed by atoms with van der Waals surface area (Å²) in [6, 6.07) is 13.0. The van der Waals surface area contributed by atoms with Crippen LogP contribution in [0.25, 0.3) is 16.9 Å². The smallest absolute Gasteiger partial charge is 0.335 e. The molecule has 2 aromatic carbocycles. The lowest BCUT2D eigenvalue weighted by Gasteiger charge is -2.00. The standard InChI is InChI=1S/C16H12N4O3/c17-15(21)11-3-1-10(2-4-11)14-9-20(19-18-14)13-7-5-12(6-8-13)16(22)23/h1-9H,(H2,17,21)(H,22,23). The number of hydrogen-bond donors (Lipinski definition) is 2. The molecule has 3 N–H and O–H groups in total. The van der Waals surface area contributed by atoms with Crippen molar-refractivity contribution in [3.05, 3.63) is 65.9 Å². The highest BCUT2D eigenvalue weighted by atomic mass is 16.4. The SMILES string of the molecule is NC(=O)c1ccc(-c2cn(-c3ccc(C(=O)O)cc3)nn2)cc1. The lowest BCUT2D eigenvalue weighted by atomic mass is 10.1. The van der Waals surface area contributed by atoms with E-state index in [1.807, 2.05) is 0 Å². The minimum atomic E-state index is -0.981. The number of rotatable bonds is 4.